The van der Waals surface area contributed by atoms with Gasteiger partial charge in [-0.15, -0.1) is 11.3 Å². The van der Waals surface area contributed by atoms with E-state index in [1.807, 2.05) is 34.3 Å². The van der Waals surface area contributed by atoms with Gasteiger partial charge in [0.15, 0.2) is 4.96 Å². The maximum Gasteiger partial charge on any atom is 0.251 e. The molecule has 2 amide bonds. The zero-order chi connectivity index (χ0) is 23.6. The maximum absolute atomic E-state index is 12.4. The summed E-state index contributed by atoms with van der Waals surface area (Å²) in [5.74, 6) is -0.952. The van der Waals surface area contributed by atoms with Crippen molar-refractivity contribution in [3.63, 3.8) is 0 Å². The third-order valence-electron chi connectivity index (χ3n) is 4.84. The number of rotatable bonds is 7. The molecule has 0 radical (unpaired) electrons. The Morgan fingerprint density at radius 2 is 1.88 bits per heavy atom. The van der Waals surface area contributed by atoms with Gasteiger partial charge < -0.3 is 10.6 Å². The Kier molecular flexibility index (Phi) is 6.27. The van der Waals surface area contributed by atoms with Gasteiger partial charge in [0.05, 0.1) is 17.1 Å². The van der Waals surface area contributed by atoms with Crippen LogP contribution in [0.5, 0.6) is 0 Å². The maximum atomic E-state index is 12.4. The molecular weight excluding hydrogens is 462 g/mol. The summed E-state index contributed by atoms with van der Waals surface area (Å²) >= 11 is 1.55. The van der Waals surface area contributed by atoms with E-state index in [4.69, 9.17) is 0 Å². The van der Waals surface area contributed by atoms with Crippen molar-refractivity contribution in [1.29, 1.82) is 0 Å². The third-order valence-corrected chi connectivity index (χ3v) is 7.42. The SMILES string of the molecule is CN(C)S(=O)(=O)c1cccc(C(=O)NCC(=O)Nc2ccc(-c3cn4ccsc4n3)cc2)c1. The number of carbonyl (C=O) groups is 2. The lowest BCUT2D eigenvalue weighted by Crippen LogP contribution is -2.33. The molecule has 170 valence electrons. The van der Waals surface area contributed by atoms with Crippen LogP contribution in [0, 0.1) is 0 Å². The van der Waals surface area contributed by atoms with Crippen LogP contribution in [0.1, 0.15) is 10.4 Å². The molecule has 2 aromatic heterocycles. The summed E-state index contributed by atoms with van der Waals surface area (Å²) in [7, 11) is -0.837. The molecule has 4 rings (SSSR count). The van der Waals surface area contributed by atoms with E-state index in [1.165, 1.54) is 38.4 Å². The fourth-order valence-electron chi connectivity index (χ4n) is 3.07. The second-order valence-corrected chi connectivity index (χ2v) is 10.4. The number of nitrogens with one attached hydrogen (secondary N) is 2. The predicted octanol–water partition coefficient (Wildman–Crippen LogP) is 2.68. The fraction of sp³-hybridized carbons (Fsp3) is 0.136. The number of aromatic nitrogens is 2. The average molecular weight is 484 g/mol. The molecule has 0 spiro atoms. The summed E-state index contributed by atoms with van der Waals surface area (Å²) in [5, 5.41) is 7.19. The number of fused-ring (bicyclic) bond motifs is 1. The van der Waals surface area contributed by atoms with Crippen LogP contribution in [0.25, 0.3) is 16.2 Å². The number of hydrogen-bond acceptors (Lipinski definition) is 6. The van der Waals surface area contributed by atoms with Crippen molar-refractivity contribution in [2.75, 3.05) is 26.0 Å². The van der Waals surface area contributed by atoms with Gasteiger partial charge in [-0.3, -0.25) is 14.0 Å². The number of amides is 2. The summed E-state index contributed by atoms with van der Waals surface area (Å²) in [4.78, 5) is 30.1. The summed E-state index contributed by atoms with van der Waals surface area (Å²) in [6, 6.07) is 12.9. The molecule has 4 aromatic rings. The number of hydrogen-bond donors (Lipinski definition) is 2. The second-order valence-electron chi connectivity index (χ2n) is 7.34. The lowest BCUT2D eigenvalue weighted by molar-refractivity contribution is -0.115. The Morgan fingerprint density at radius 3 is 2.58 bits per heavy atom. The molecule has 11 heteroatoms. The topological polar surface area (TPSA) is 113 Å². The number of thiazole rings is 1. The lowest BCUT2D eigenvalue weighted by Gasteiger charge is -2.12. The number of benzene rings is 2. The largest absolute Gasteiger partial charge is 0.343 e. The van der Waals surface area contributed by atoms with E-state index in [-0.39, 0.29) is 17.0 Å². The molecule has 0 aliphatic heterocycles. The molecule has 2 heterocycles. The van der Waals surface area contributed by atoms with Gasteiger partial charge in [0.2, 0.25) is 15.9 Å². The van der Waals surface area contributed by atoms with Crippen LogP contribution in [-0.2, 0) is 14.8 Å². The van der Waals surface area contributed by atoms with Crippen LogP contribution in [0.3, 0.4) is 0 Å². The molecule has 0 unspecified atom stereocenters. The summed E-state index contributed by atoms with van der Waals surface area (Å²) in [5.41, 5.74) is 2.49. The van der Waals surface area contributed by atoms with Crippen LogP contribution in [0.2, 0.25) is 0 Å². The zero-order valence-corrected chi connectivity index (χ0v) is 19.5. The van der Waals surface area contributed by atoms with Crippen molar-refractivity contribution in [3.8, 4) is 11.3 Å². The first-order valence-corrected chi connectivity index (χ1v) is 12.2. The minimum absolute atomic E-state index is 0.00208. The first-order valence-electron chi connectivity index (χ1n) is 9.87. The van der Waals surface area contributed by atoms with Gasteiger partial charge in [-0.25, -0.2) is 17.7 Å². The smallest absolute Gasteiger partial charge is 0.251 e. The normalized spacial score (nSPS) is 11.6. The van der Waals surface area contributed by atoms with E-state index < -0.39 is 21.8 Å². The molecule has 2 N–H and O–H groups in total. The molecule has 0 atom stereocenters. The van der Waals surface area contributed by atoms with E-state index in [0.29, 0.717) is 5.69 Å². The quantitative estimate of drug-likeness (QED) is 0.420. The summed E-state index contributed by atoms with van der Waals surface area (Å²) < 4.78 is 27.5. The van der Waals surface area contributed by atoms with Gasteiger partial charge in [0.1, 0.15) is 0 Å². The van der Waals surface area contributed by atoms with Crippen molar-refractivity contribution < 1.29 is 18.0 Å². The highest BCUT2D eigenvalue weighted by atomic mass is 32.2. The van der Waals surface area contributed by atoms with Gasteiger partial charge in [0, 0.05) is 48.7 Å². The Bertz CT molecular complexity index is 1390. The van der Waals surface area contributed by atoms with E-state index in [9.17, 15) is 18.0 Å². The molecule has 0 aliphatic carbocycles. The second kappa shape index (κ2) is 9.14. The van der Waals surface area contributed by atoms with Crippen LogP contribution in [-0.4, -0.2) is 54.6 Å². The number of imidazole rings is 1. The molecular formula is C22H21N5O4S2. The van der Waals surface area contributed by atoms with Crippen molar-refractivity contribution >= 4 is 43.8 Å². The molecule has 0 saturated heterocycles. The molecule has 0 saturated carbocycles. The van der Waals surface area contributed by atoms with E-state index in [1.54, 1.807) is 23.5 Å². The molecule has 0 aliphatic rings. The van der Waals surface area contributed by atoms with E-state index in [2.05, 4.69) is 15.6 Å². The highest BCUT2D eigenvalue weighted by Crippen LogP contribution is 2.23. The van der Waals surface area contributed by atoms with Gasteiger partial charge in [0.25, 0.3) is 5.91 Å². The first kappa shape index (κ1) is 22.6. The van der Waals surface area contributed by atoms with Gasteiger partial charge in [-0.2, -0.15) is 0 Å². The highest BCUT2D eigenvalue weighted by molar-refractivity contribution is 7.89. The molecule has 33 heavy (non-hydrogen) atoms. The van der Waals surface area contributed by atoms with Crippen LogP contribution < -0.4 is 10.6 Å². The molecule has 2 aromatic carbocycles. The van der Waals surface area contributed by atoms with Gasteiger partial charge in [-0.1, -0.05) is 18.2 Å². The van der Waals surface area contributed by atoms with E-state index in [0.717, 1.165) is 20.5 Å². The minimum Gasteiger partial charge on any atom is -0.343 e. The number of nitrogens with zero attached hydrogens (tertiary/aromatic N) is 3. The van der Waals surface area contributed by atoms with Crippen LogP contribution in [0.15, 0.2) is 71.2 Å². The predicted molar refractivity (Wildman–Crippen MR) is 127 cm³/mol. The number of carbonyl (C=O) groups excluding carboxylic acids is 2. The third kappa shape index (κ3) is 4.95. The van der Waals surface area contributed by atoms with E-state index >= 15 is 0 Å². The van der Waals surface area contributed by atoms with Crippen LogP contribution >= 0.6 is 11.3 Å². The van der Waals surface area contributed by atoms with Crippen molar-refractivity contribution in [2.24, 2.45) is 0 Å². The minimum atomic E-state index is -3.66. The monoisotopic (exact) mass is 483 g/mol. The molecule has 0 bridgehead atoms. The Morgan fingerprint density at radius 1 is 1.12 bits per heavy atom. The van der Waals surface area contributed by atoms with Gasteiger partial charge in [-0.05, 0) is 30.3 Å². The summed E-state index contributed by atoms with van der Waals surface area (Å²) in [6.07, 6.45) is 3.88. The van der Waals surface area contributed by atoms with Crippen molar-refractivity contribution in [1.82, 2.24) is 19.0 Å². The average Bonchev–Trinajstić information content (AvgIpc) is 3.40. The Hall–Kier alpha value is -3.54. The van der Waals surface area contributed by atoms with Crippen molar-refractivity contribution in [2.45, 2.75) is 4.90 Å². The van der Waals surface area contributed by atoms with Gasteiger partial charge >= 0.3 is 0 Å². The fourth-order valence-corrected chi connectivity index (χ4v) is 4.72. The standard InChI is InChI=1S/C22H21N5O4S2/c1-26(2)33(30,31)18-5-3-4-16(12-18)21(29)23-13-20(28)24-17-8-6-15(7-9-17)19-14-27-10-11-32-22(27)25-19/h3-12,14H,13H2,1-2H3,(H,23,29)(H,24,28). The Labute approximate surface area is 194 Å². The van der Waals surface area contributed by atoms with Crippen molar-refractivity contribution in [3.05, 3.63) is 71.9 Å². The first-order chi connectivity index (χ1) is 15.7. The number of anilines is 1. The zero-order valence-electron chi connectivity index (χ0n) is 17.8. The Balaban J connectivity index is 1.35. The lowest BCUT2D eigenvalue weighted by atomic mass is 10.1. The highest BCUT2D eigenvalue weighted by Gasteiger charge is 2.19. The number of sulfonamides is 1. The molecule has 0 fully saturated rings. The summed E-state index contributed by atoms with van der Waals surface area (Å²) in [6.45, 7) is -0.261. The van der Waals surface area contributed by atoms with Crippen LogP contribution in [0.4, 0.5) is 5.69 Å². The molecule has 9 nitrogen and oxygen atoms in total.